The molecular formula is C20H23NO3. The fourth-order valence-electron chi connectivity index (χ4n) is 3.05. The first kappa shape index (κ1) is 16.4. The number of aromatic hydroxyl groups is 1. The molecule has 0 saturated carbocycles. The second-order valence-electron chi connectivity index (χ2n) is 5.95. The largest absolute Gasteiger partial charge is 0.508 e. The van der Waals surface area contributed by atoms with E-state index < -0.39 is 0 Å². The van der Waals surface area contributed by atoms with Gasteiger partial charge in [0.05, 0.1) is 14.2 Å². The van der Waals surface area contributed by atoms with E-state index in [0.717, 1.165) is 43.1 Å². The van der Waals surface area contributed by atoms with Crippen molar-refractivity contribution in [2.75, 3.05) is 27.3 Å². The molecule has 24 heavy (non-hydrogen) atoms. The van der Waals surface area contributed by atoms with Crippen LogP contribution in [0.25, 0.3) is 5.57 Å². The number of hydrogen-bond acceptors (Lipinski definition) is 4. The number of nitrogens with zero attached hydrogens (tertiary/aromatic N) is 1. The molecule has 1 aliphatic rings. The summed E-state index contributed by atoms with van der Waals surface area (Å²) in [6.07, 6.45) is 3.31. The topological polar surface area (TPSA) is 41.9 Å². The van der Waals surface area contributed by atoms with Crippen molar-refractivity contribution in [2.45, 2.75) is 13.0 Å². The Morgan fingerprint density at radius 2 is 1.83 bits per heavy atom. The van der Waals surface area contributed by atoms with Crippen LogP contribution < -0.4 is 9.47 Å². The molecule has 4 heteroatoms. The normalized spacial score (nSPS) is 15.0. The van der Waals surface area contributed by atoms with Gasteiger partial charge in [-0.1, -0.05) is 24.3 Å². The van der Waals surface area contributed by atoms with E-state index in [9.17, 15) is 5.11 Å². The Labute approximate surface area is 142 Å². The van der Waals surface area contributed by atoms with Crippen molar-refractivity contribution in [3.63, 3.8) is 0 Å². The van der Waals surface area contributed by atoms with Crippen molar-refractivity contribution in [3.05, 3.63) is 59.7 Å². The van der Waals surface area contributed by atoms with Gasteiger partial charge in [0.2, 0.25) is 0 Å². The molecule has 0 unspecified atom stereocenters. The number of benzene rings is 2. The fraction of sp³-hybridized carbons (Fsp3) is 0.300. The summed E-state index contributed by atoms with van der Waals surface area (Å²) in [7, 11) is 3.35. The summed E-state index contributed by atoms with van der Waals surface area (Å²) in [5, 5.41) is 9.45. The summed E-state index contributed by atoms with van der Waals surface area (Å²) < 4.78 is 10.8. The molecule has 3 rings (SSSR count). The second kappa shape index (κ2) is 7.41. The number of ether oxygens (including phenoxy) is 2. The van der Waals surface area contributed by atoms with Crippen LogP contribution in [0.1, 0.15) is 17.5 Å². The minimum Gasteiger partial charge on any atom is -0.508 e. The maximum absolute atomic E-state index is 9.45. The van der Waals surface area contributed by atoms with E-state index in [1.165, 1.54) is 11.1 Å². The number of hydrogen-bond donors (Lipinski definition) is 1. The van der Waals surface area contributed by atoms with Gasteiger partial charge in [0.15, 0.2) is 0 Å². The molecule has 1 N–H and O–H groups in total. The van der Waals surface area contributed by atoms with Crippen molar-refractivity contribution in [1.29, 1.82) is 0 Å². The molecular weight excluding hydrogens is 302 g/mol. The van der Waals surface area contributed by atoms with Gasteiger partial charge in [-0.05, 0) is 35.8 Å². The lowest BCUT2D eigenvalue weighted by Gasteiger charge is -2.28. The van der Waals surface area contributed by atoms with Gasteiger partial charge < -0.3 is 14.6 Å². The van der Waals surface area contributed by atoms with E-state index in [1.807, 2.05) is 24.3 Å². The standard InChI is InChI=1S/C20H23NO3/c1-23-19-10-7-17(20(12-19)24-2)14-21-11-3-4-16(13-21)15-5-8-18(22)9-6-15/h4-10,12,22H,3,11,13-14H2,1-2H3. The summed E-state index contributed by atoms with van der Waals surface area (Å²) in [6, 6.07) is 13.4. The second-order valence-corrected chi connectivity index (χ2v) is 5.95. The first-order chi connectivity index (χ1) is 11.7. The van der Waals surface area contributed by atoms with Crippen molar-refractivity contribution in [2.24, 2.45) is 0 Å². The molecule has 0 amide bonds. The van der Waals surface area contributed by atoms with E-state index in [4.69, 9.17) is 9.47 Å². The molecule has 0 radical (unpaired) electrons. The predicted octanol–water partition coefficient (Wildman–Crippen LogP) is 3.70. The number of phenols is 1. The summed E-state index contributed by atoms with van der Waals surface area (Å²) in [6.45, 7) is 2.75. The zero-order chi connectivity index (χ0) is 16.9. The fourth-order valence-corrected chi connectivity index (χ4v) is 3.05. The van der Waals surface area contributed by atoms with Crippen LogP contribution in [0.3, 0.4) is 0 Å². The Morgan fingerprint density at radius 1 is 1.04 bits per heavy atom. The van der Waals surface area contributed by atoms with E-state index in [1.54, 1.807) is 26.4 Å². The lowest BCUT2D eigenvalue weighted by atomic mass is 10.0. The smallest absolute Gasteiger partial charge is 0.127 e. The highest BCUT2D eigenvalue weighted by Crippen LogP contribution is 2.28. The number of phenolic OH excluding ortho intramolecular Hbond substituents is 1. The molecule has 0 saturated heterocycles. The van der Waals surface area contributed by atoms with Crippen LogP contribution in [0, 0.1) is 0 Å². The van der Waals surface area contributed by atoms with Gasteiger partial charge in [-0.3, -0.25) is 4.90 Å². The molecule has 1 aliphatic heterocycles. The SMILES string of the molecule is COc1ccc(CN2CCC=C(c3ccc(O)cc3)C2)c(OC)c1. The molecule has 2 aromatic carbocycles. The predicted molar refractivity (Wildman–Crippen MR) is 95.5 cm³/mol. The summed E-state index contributed by atoms with van der Waals surface area (Å²) in [4.78, 5) is 2.41. The van der Waals surface area contributed by atoms with Gasteiger partial charge in [0, 0.05) is 31.3 Å². The quantitative estimate of drug-likeness (QED) is 0.910. The lowest BCUT2D eigenvalue weighted by molar-refractivity contribution is 0.289. The Bertz CT molecular complexity index is 722. The number of rotatable bonds is 5. The highest BCUT2D eigenvalue weighted by molar-refractivity contribution is 5.68. The lowest BCUT2D eigenvalue weighted by Crippen LogP contribution is -2.29. The Hall–Kier alpha value is -2.46. The third-order valence-electron chi connectivity index (χ3n) is 4.36. The molecule has 1 heterocycles. The first-order valence-electron chi connectivity index (χ1n) is 8.11. The Balaban J connectivity index is 1.73. The zero-order valence-corrected chi connectivity index (χ0v) is 14.2. The minimum atomic E-state index is 0.301. The monoisotopic (exact) mass is 325 g/mol. The minimum absolute atomic E-state index is 0.301. The van der Waals surface area contributed by atoms with Gasteiger partial charge in [0.25, 0.3) is 0 Å². The molecule has 0 aliphatic carbocycles. The molecule has 0 spiro atoms. The van der Waals surface area contributed by atoms with E-state index in [0.29, 0.717) is 5.75 Å². The van der Waals surface area contributed by atoms with E-state index >= 15 is 0 Å². The molecule has 2 aromatic rings. The van der Waals surface area contributed by atoms with Crippen molar-refractivity contribution in [1.82, 2.24) is 4.90 Å². The number of methoxy groups -OCH3 is 2. The van der Waals surface area contributed by atoms with Crippen LogP contribution in [-0.2, 0) is 6.54 Å². The molecule has 4 nitrogen and oxygen atoms in total. The zero-order valence-electron chi connectivity index (χ0n) is 14.2. The Morgan fingerprint density at radius 3 is 2.54 bits per heavy atom. The van der Waals surface area contributed by atoms with Crippen LogP contribution in [0.2, 0.25) is 0 Å². The third-order valence-corrected chi connectivity index (χ3v) is 4.36. The van der Waals surface area contributed by atoms with Crippen LogP contribution in [0.15, 0.2) is 48.5 Å². The molecule has 0 fully saturated rings. The third kappa shape index (κ3) is 3.71. The van der Waals surface area contributed by atoms with Gasteiger partial charge in [-0.15, -0.1) is 0 Å². The molecule has 0 bridgehead atoms. The Kier molecular flexibility index (Phi) is 5.06. The van der Waals surface area contributed by atoms with Crippen LogP contribution in [0.4, 0.5) is 0 Å². The van der Waals surface area contributed by atoms with Crippen molar-refractivity contribution >= 4 is 5.57 Å². The summed E-state index contributed by atoms with van der Waals surface area (Å²) in [5.74, 6) is 1.96. The van der Waals surface area contributed by atoms with Gasteiger partial charge in [0.1, 0.15) is 17.2 Å². The highest BCUT2D eigenvalue weighted by Gasteiger charge is 2.16. The van der Waals surface area contributed by atoms with Crippen molar-refractivity contribution < 1.29 is 14.6 Å². The average Bonchev–Trinajstić information content (AvgIpc) is 2.63. The van der Waals surface area contributed by atoms with Gasteiger partial charge in [-0.25, -0.2) is 0 Å². The maximum Gasteiger partial charge on any atom is 0.127 e. The maximum atomic E-state index is 9.45. The summed E-state index contributed by atoms with van der Waals surface area (Å²) in [5.41, 5.74) is 3.62. The van der Waals surface area contributed by atoms with Gasteiger partial charge in [-0.2, -0.15) is 0 Å². The van der Waals surface area contributed by atoms with Gasteiger partial charge >= 0.3 is 0 Å². The van der Waals surface area contributed by atoms with Crippen LogP contribution in [0.5, 0.6) is 17.2 Å². The van der Waals surface area contributed by atoms with Crippen molar-refractivity contribution in [3.8, 4) is 17.2 Å². The van der Waals surface area contributed by atoms with Crippen LogP contribution in [-0.4, -0.2) is 37.3 Å². The van der Waals surface area contributed by atoms with E-state index in [2.05, 4.69) is 17.0 Å². The molecule has 0 aromatic heterocycles. The van der Waals surface area contributed by atoms with E-state index in [-0.39, 0.29) is 0 Å². The first-order valence-corrected chi connectivity index (χ1v) is 8.11. The highest BCUT2D eigenvalue weighted by atomic mass is 16.5. The summed E-state index contributed by atoms with van der Waals surface area (Å²) >= 11 is 0. The van der Waals surface area contributed by atoms with Crippen LogP contribution >= 0.6 is 0 Å². The molecule has 0 atom stereocenters. The molecule has 126 valence electrons. The average molecular weight is 325 g/mol.